The van der Waals surface area contributed by atoms with Gasteiger partial charge in [0.05, 0.1) is 55.3 Å². The third-order valence-electron chi connectivity index (χ3n) is 14.3. The lowest BCUT2D eigenvalue weighted by Crippen LogP contribution is -2.03. The van der Waals surface area contributed by atoms with E-state index >= 15 is 0 Å². The molecule has 0 amide bonds. The Hall–Kier alpha value is -10.1. The number of rotatable bonds is 6. The normalized spacial score (nSPS) is 11.9. The summed E-state index contributed by atoms with van der Waals surface area (Å²) in [6.07, 6.45) is 0. The molecular formula is C64H37N7O. The standard InChI is InChI=1S/C64H37N7O/c65-38-41-34-57(60-47-27-13-17-31-58(47)72-61(60)59(41)64-67-62(39-18-4-1-5-19-39)66-63(68-64)40-20-6-2-7-21-40)71-54-33-32-43(70-51-28-14-10-24-44(51)45-25-11-15-29-52(45)70)35-48(54)50-37-55-49(36-56(50)71)46-26-12-16-30-53(46)69(55)42-22-8-3-9-23-42/h1-37H. The fourth-order valence-electron chi connectivity index (χ4n) is 11.2. The highest BCUT2D eigenvalue weighted by Crippen LogP contribution is 2.46. The van der Waals surface area contributed by atoms with Crippen molar-refractivity contribution in [3.05, 3.63) is 230 Å². The highest BCUT2D eigenvalue weighted by molar-refractivity contribution is 6.22. The first-order valence-electron chi connectivity index (χ1n) is 24.0. The second kappa shape index (κ2) is 15.5. The number of furan rings is 1. The van der Waals surface area contributed by atoms with E-state index in [0.717, 1.165) is 93.6 Å². The molecule has 0 aliphatic carbocycles. The first-order valence-corrected chi connectivity index (χ1v) is 24.0. The summed E-state index contributed by atoms with van der Waals surface area (Å²) >= 11 is 0. The van der Waals surface area contributed by atoms with Crippen LogP contribution < -0.4 is 0 Å². The van der Waals surface area contributed by atoms with Crippen molar-refractivity contribution in [1.29, 1.82) is 5.26 Å². The highest BCUT2D eigenvalue weighted by atomic mass is 16.3. The average molecular weight is 920 g/mol. The SMILES string of the molecule is N#Cc1cc(-n2c3ccc(-n4c5ccccc5c5ccccc54)cc3c3cc4c(cc32)c2ccccc2n4-c2ccccc2)c2c(oc3ccccc32)c1-c1nc(-c2ccccc2)nc(-c2ccccc2)n1. The average Bonchev–Trinajstić information content (AvgIpc) is 4.19. The molecule has 5 heterocycles. The number of hydrogen-bond acceptors (Lipinski definition) is 5. The van der Waals surface area contributed by atoms with Crippen LogP contribution in [0.3, 0.4) is 0 Å². The Morgan fingerprint density at radius 1 is 0.361 bits per heavy atom. The van der Waals surface area contributed by atoms with Gasteiger partial charge in [-0.05, 0) is 72.8 Å². The molecule has 0 saturated heterocycles. The Morgan fingerprint density at radius 2 is 0.819 bits per heavy atom. The zero-order valence-electron chi connectivity index (χ0n) is 38.4. The van der Waals surface area contributed by atoms with Crippen LogP contribution in [0.5, 0.6) is 0 Å². The molecule has 8 heteroatoms. The lowest BCUT2D eigenvalue weighted by molar-refractivity contribution is 0.669. The number of para-hydroxylation sites is 5. The van der Waals surface area contributed by atoms with Crippen LogP contribution in [-0.2, 0) is 0 Å². The molecule has 0 aliphatic heterocycles. The maximum Gasteiger partial charge on any atom is 0.169 e. The van der Waals surface area contributed by atoms with Gasteiger partial charge in [-0.2, -0.15) is 5.26 Å². The molecule has 0 unspecified atom stereocenters. The van der Waals surface area contributed by atoms with Crippen molar-refractivity contribution in [3.8, 4) is 57.3 Å². The van der Waals surface area contributed by atoms with E-state index < -0.39 is 0 Å². The fraction of sp³-hybridized carbons (Fsp3) is 0. The van der Waals surface area contributed by atoms with Gasteiger partial charge in [0, 0.05) is 60.2 Å². The van der Waals surface area contributed by atoms with Gasteiger partial charge in [-0.1, -0.05) is 152 Å². The molecule has 334 valence electrons. The lowest BCUT2D eigenvalue weighted by Gasteiger charge is -2.15. The zero-order valence-corrected chi connectivity index (χ0v) is 38.4. The monoisotopic (exact) mass is 919 g/mol. The summed E-state index contributed by atoms with van der Waals surface area (Å²) in [7, 11) is 0. The van der Waals surface area contributed by atoms with Crippen LogP contribution >= 0.6 is 0 Å². The minimum absolute atomic E-state index is 0.350. The number of fused-ring (bicyclic) bond motifs is 12. The molecule has 0 saturated carbocycles. The molecule has 8 nitrogen and oxygen atoms in total. The summed E-state index contributed by atoms with van der Waals surface area (Å²) in [6, 6.07) is 80.5. The van der Waals surface area contributed by atoms with Crippen LogP contribution in [0.25, 0.3) is 139 Å². The highest BCUT2D eigenvalue weighted by Gasteiger charge is 2.28. The Bertz CT molecular complexity index is 4640. The molecule has 15 aromatic rings. The molecule has 0 radical (unpaired) electrons. The van der Waals surface area contributed by atoms with Gasteiger partial charge in [-0.15, -0.1) is 0 Å². The summed E-state index contributed by atoms with van der Waals surface area (Å²) in [5.41, 5.74) is 13.2. The maximum absolute atomic E-state index is 11.4. The number of nitriles is 1. The molecule has 72 heavy (non-hydrogen) atoms. The van der Waals surface area contributed by atoms with Crippen LogP contribution in [0.1, 0.15) is 5.56 Å². The van der Waals surface area contributed by atoms with Crippen molar-refractivity contribution in [2.24, 2.45) is 0 Å². The van der Waals surface area contributed by atoms with E-state index in [1.807, 2.05) is 84.9 Å². The van der Waals surface area contributed by atoms with Crippen LogP contribution in [0, 0.1) is 11.3 Å². The van der Waals surface area contributed by atoms with E-state index in [-0.39, 0.29) is 0 Å². The second-order valence-corrected chi connectivity index (χ2v) is 18.3. The molecule has 0 bridgehead atoms. The Labute approximate surface area is 411 Å². The minimum atomic E-state index is 0.350. The van der Waals surface area contributed by atoms with Gasteiger partial charge in [-0.25, -0.2) is 15.0 Å². The first kappa shape index (κ1) is 39.9. The van der Waals surface area contributed by atoms with Gasteiger partial charge in [0.15, 0.2) is 17.5 Å². The zero-order chi connectivity index (χ0) is 47.4. The van der Waals surface area contributed by atoms with Crippen LogP contribution in [0.2, 0.25) is 0 Å². The van der Waals surface area contributed by atoms with E-state index in [0.29, 0.717) is 39.8 Å². The molecule has 0 fully saturated rings. The lowest BCUT2D eigenvalue weighted by atomic mass is 10.00. The van der Waals surface area contributed by atoms with Crippen LogP contribution in [-0.4, -0.2) is 28.7 Å². The number of aromatic nitrogens is 6. The topological polar surface area (TPSA) is 90.4 Å². The number of hydrogen-bond donors (Lipinski definition) is 0. The van der Waals surface area contributed by atoms with Gasteiger partial charge in [0.25, 0.3) is 0 Å². The Morgan fingerprint density at radius 3 is 1.43 bits per heavy atom. The van der Waals surface area contributed by atoms with Gasteiger partial charge in [0.2, 0.25) is 0 Å². The van der Waals surface area contributed by atoms with Crippen LogP contribution in [0.15, 0.2) is 229 Å². The van der Waals surface area contributed by atoms with E-state index in [2.05, 4.69) is 159 Å². The van der Waals surface area contributed by atoms with E-state index in [4.69, 9.17) is 19.4 Å². The van der Waals surface area contributed by atoms with Crippen molar-refractivity contribution in [2.45, 2.75) is 0 Å². The molecule has 0 atom stereocenters. The predicted octanol–water partition coefficient (Wildman–Crippen LogP) is 15.9. The van der Waals surface area contributed by atoms with Crippen LogP contribution in [0.4, 0.5) is 0 Å². The summed E-state index contributed by atoms with van der Waals surface area (Å²) < 4.78 is 14.1. The summed E-state index contributed by atoms with van der Waals surface area (Å²) in [6.45, 7) is 0. The third-order valence-corrected chi connectivity index (χ3v) is 14.3. The molecule has 0 N–H and O–H groups in total. The smallest absolute Gasteiger partial charge is 0.169 e. The second-order valence-electron chi connectivity index (χ2n) is 18.3. The van der Waals surface area contributed by atoms with Crippen molar-refractivity contribution in [2.75, 3.05) is 0 Å². The van der Waals surface area contributed by atoms with Gasteiger partial charge in [0.1, 0.15) is 17.2 Å². The first-order chi connectivity index (χ1) is 35.7. The molecule has 5 aromatic heterocycles. The van der Waals surface area contributed by atoms with E-state index in [1.165, 1.54) is 10.8 Å². The van der Waals surface area contributed by atoms with Crippen molar-refractivity contribution in [3.63, 3.8) is 0 Å². The van der Waals surface area contributed by atoms with Gasteiger partial charge >= 0.3 is 0 Å². The van der Waals surface area contributed by atoms with E-state index in [9.17, 15) is 5.26 Å². The predicted molar refractivity (Wildman–Crippen MR) is 291 cm³/mol. The quantitative estimate of drug-likeness (QED) is 0.166. The fourth-order valence-corrected chi connectivity index (χ4v) is 11.2. The Balaban J connectivity index is 1.08. The molecular weight excluding hydrogens is 883 g/mol. The number of nitrogens with zero attached hydrogens (tertiary/aromatic N) is 7. The van der Waals surface area contributed by atoms with Gasteiger partial charge in [-0.3, -0.25) is 0 Å². The maximum atomic E-state index is 11.4. The minimum Gasteiger partial charge on any atom is -0.455 e. The third kappa shape index (κ3) is 5.82. The van der Waals surface area contributed by atoms with Crippen molar-refractivity contribution in [1.82, 2.24) is 28.7 Å². The largest absolute Gasteiger partial charge is 0.455 e. The van der Waals surface area contributed by atoms with E-state index in [1.54, 1.807) is 0 Å². The molecule has 0 aliphatic rings. The molecule has 0 spiro atoms. The molecule has 15 rings (SSSR count). The number of benzene rings is 10. The summed E-state index contributed by atoms with van der Waals surface area (Å²) in [5.74, 6) is 1.34. The van der Waals surface area contributed by atoms with Crippen molar-refractivity contribution < 1.29 is 4.42 Å². The van der Waals surface area contributed by atoms with Crippen molar-refractivity contribution >= 4 is 87.4 Å². The van der Waals surface area contributed by atoms with Gasteiger partial charge < -0.3 is 18.1 Å². The summed E-state index contributed by atoms with van der Waals surface area (Å²) in [4.78, 5) is 15.3. The Kier molecular flexibility index (Phi) is 8.55. The molecule has 10 aromatic carbocycles. The summed E-state index contributed by atoms with van der Waals surface area (Å²) in [5, 5.41) is 20.0.